The summed E-state index contributed by atoms with van der Waals surface area (Å²) in [6, 6.07) is 16.0. The fourth-order valence-electron chi connectivity index (χ4n) is 4.35. The van der Waals surface area contributed by atoms with Gasteiger partial charge in [-0.3, -0.25) is 9.69 Å². The van der Waals surface area contributed by atoms with Crippen LogP contribution >= 0.6 is 0 Å². The quantitative estimate of drug-likeness (QED) is 0.242. The summed E-state index contributed by atoms with van der Waals surface area (Å²) >= 11 is 0. The average molecular weight is 515 g/mol. The summed E-state index contributed by atoms with van der Waals surface area (Å²) in [6.45, 7) is 8.45. The maximum Gasteiger partial charge on any atom is 0.293 e. The van der Waals surface area contributed by atoms with E-state index in [0.717, 1.165) is 49.5 Å². The first-order valence-electron chi connectivity index (χ1n) is 12.8. The normalized spacial score (nSPS) is 15.3. The van der Waals surface area contributed by atoms with E-state index in [4.69, 9.17) is 4.74 Å². The second-order valence-corrected chi connectivity index (χ2v) is 9.33. The van der Waals surface area contributed by atoms with Crippen LogP contribution in [0.5, 0.6) is 5.75 Å². The maximum absolute atomic E-state index is 11.9. The summed E-state index contributed by atoms with van der Waals surface area (Å²) in [6.07, 6.45) is 3.44. The van der Waals surface area contributed by atoms with Gasteiger partial charge in [0.05, 0.1) is 31.8 Å². The summed E-state index contributed by atoms with van der Waals surface area (Å²) in [4.78, 5) is 20.9. The number of aliphatic hydroxyl groups excluding tert-OH is 1. The van der Waals surface area contributed by atoms with Gasteiger partial charge in [0, 0.05) is 49.3 Å². The summed E-state index contributed by atoms with van der Waals surface area (Å²) in [5.74, 6) is 5.77. The van der Waals surface area contributed by atoms with Gasteiger partial charge in [0.2, 0.25) is 5.75 Å². The number of H-pyrrole nitrogens is 1. The van der Waals surface area contributed by atoms with Crippen molar-refractivity contribution in [3.05, 3.63) is 106 Å². The minimum absolute atomic E-state index is 0.102. The van der Waals surface area contributed by atoms with Crippen LogP contribution in [-0.4, -0.2) is 70.6 Å². The van der Waals surface area contributed by atoms with E-state index < -0.39 is 11.3 Å². The molecular weight excluding hydrogens is 480 g/mol. The molecule has 2 aromatic carbocycles. The number of aromatic hydroxyl groups is 1. The monoisotopic (exact) mass is 514 g/mol. The van der Waals surface area contributed by atoms with E-state index in [1.807, 2.05) is 24.3 Å². The highest BCUT2D eigenvalue weighted by Gasteiger charge is 2.20. The van der Waals surface area contributed by atoms with Crippen molar-refractivity contribution >= 4 is 0 Å². The number of hydrogen-bond acceptors (Lipinski definition) is 7. The van der Waals surface area contributed by atoms with Crippen molar-refractivity contribution in [2.45, 2.75) is 24.9 Å². The SMILES string of the molecule is C=CC(CO)NCC(Cc1ccc(C#Cc2ccc(CN3CCOCC3)cc2)cc1)c1nc[nH]c(=O)c1O. The van der Waals surface area contributed by atoms with Crippen molar-refractivity contribution in [1.29, 1.82) is 0 Å². The van der Waals surface area contributed by atoms with E-state index in [2.05, 4.69) is 62.9 Å². The van der Waals surface area contributed by atoms with Crippen LogP contribution in [0.3, 0.4) is 0 Å². The zero-order valence-corrected chi connectivity index (χ0v) is 21.4. The lowest BCUT2D eigenvalue weighted by Gasteiger charge is -2.26. The predicted octanol–water partition coefficient (Wildman–Crippen LogP) is 2.17. The molecule has 0 radical (unpaired) electrons. The van der Waals surface area contributed by atoms with E-state index in [0.29, 0.717) is 18.7 Å². The van der Waals surface area contributed by atoms with Crippen LogP contribution in [-0.2, 0) is 17.7 Å². The van der Waals surface area contributed by atoms with Crippen LogP contribution < -0.4 is 10.9 Å². The average Bonchev–Trinajstić information content (AvgIpc) is 2.95. The molecule has 0 aliphatic carbocycles. The van der Waals surface area contributed by atoms with Gasteiger partial charge >= 0.3 is 0 Å². The van der Waals surface area contributed by atoms with Gasteiger partial charge in [-0.15, -0.1) is 6.58 Å². The van der Waals surface area contributed by atoms with Gasteiger partial charge in [0.1, 0.15) is 0 Å². The van der Waals surface area contributed by atoms with Crippen molar-refractivity contribution < 1.29 is 14.9 Å². The molecule has 0 spiro atoms. The fraction of sp³-hybridized carbons (Fsp3) is 0.333. The van der Waals surface area contributed by atoms with Crippen LogP contribution in [0.1, 0.15) is 33.9 Å². The molecule has 2 heterocycles. The molecule has 1 saturated heterocycles. The highest BCUT2D eigenvalue weighted by Crippen LogP contribution is 2.24. The Labute approximate surface area is 223 Å². The Bertz CT molecular complexity index is 1300. The van der Waals surface area contributed by atoms with Crippen molar-refractivity contribution in [2.75, 3.05) is 39.5 Å². The number of nitrogens with one attached hydrogen (secondary N) is 2. The minimum Gasteiger partial charge on any atom is -0.502 e. The third kappa shape index (κ3) is 7.63. The fourth-order valence-corrected chi connectivity index (χ4v) is 4.35. The molecule has 8 heteroatoms. The van der Waals surface area contributed by atoms with Gasteiger partial charge in [-0.25, -0.2) is 4.98 Å². The molecule has 8 nitrogen and oxygen atoms in total. The van der Waals surface area contributed by atoms with Crippen molar-refractivity contribution in [2.24, 2.45) is 0 Å². The molecule has 2 unspecified atom stereocenters. The lowest BCUT2D eigenvalue weighted by atomic mass is 9.94. The summed E-state index contributed by atoms with van der Waals surface area (Å²) in [7, 11) is 0. The number of aliphatic hydroxyl groups is 1. The maximum atomic E-state index is 11.9. The number of nitrogens with zero attached hydrogens (tertiary/aromatic N) is 2. The van der Waals surface area contributed by atoms with Gasteiger partial charge in [-0.05, 0) is 41.8 Å². The highest BCUT2D eigenvalue weighted by molar-refractivity contribution is 5.44. The van der Waals surface area contributed by atoms with E-state index in [1.54, 1.807) is 6.08 Å². The van der Waals surface area contributed by atoms with Crippen molar-refractivity contribution in [3.8, 4) is 17.6 Å². The van der Waals surface area contributed by atoms with Gasteiger partial charge in [-0.2, -0.15) is 0 Å². The second kappa shape index (κ2) is 13.7. The Hall–Kier alpha value is -3.74. The number of aromatic amines is 1. The molecule has 198 valence electrons. The first kappa shape index (κ1) is 27.3. The van der Waals surface area contributed by atoms with Gasteiger partial charge in [0.25, 0.3) is 5.56 Å². The molecule has 1 aliphatic rings. The number of hydrogen-bond donors (Lipinski definition) is 4. The second-order valence-electron chi connectivity index (χ2n) is 9.33. The molecule has 38 heavy (non-hydrogen) atoms. The van der Waals surface area contributed by atoms with E-state index in [1.165, 1.54) is 11.9 Å². The van der Waals surface area contributed by atoms with Crippen LogP contribution in [0, 0.1) is 11.8 Å². The number of ether oxygens (including phenoxy) is 1. The summed E-state index contributed by atoms with van der Waals surface area (Å²) in [5.41, 5.74) is 3.86. The first-order valence-corrected chi connectivity index (χ1v) is 12.8. The molecule has 1 aliphatic heterocycles. The van der Waals surface area contributed by atoms with Gasteiger partial charge in [-0.1, -0.05) is 42.2 Å². The van der Waals surface area contributed by atoms with Crippen molar-refractivity contribution in [1.82, 2.24) is 20.2 Å². The standard InChI is InChI=1S/C30H34N4O4/c1-2-27(20-35)31-18-26(28-29(36)30(37)33-21-32-28)17-24-9-5-22(6-10-24)3-4-23-7-11-25(12-8-23)19-34-13-15-38-16-14-34/h2,5-12,21,26-27,31,35-36H,1,13-20H2,(H,32,33,37). The summed E-state index contributed by atoms with van der Waals surface area (Å²) < 4.78 is 5.41. The Morgan fingerprint density at radius 2 is 1.71 bits per heavy atom. The number of rotatable bonds is 10. The molecule has 0 bridgehead atoms. The molecule has 4 rings (SSSR count). The number of aromatic nitrogens is 2. The van der Waals surface area contributed by atoms with Gasteiger partial charge < -0.3 is 25.3 Å². The first-order chi connectivity index (χ1) is 18.6. The van der Waals surface area contributed by atoms with E-state index >= 15 is 0 Å². The Kier molecular flexibility index (Phi) is 9.84. The van der Waals surface area contributed by atoms with Crippen LogP contribution in [0.25, 0.3) is 0 Å². The number of morpholine rings is 1. The van der Waals surface area contributed by atoms with E-state index in [9.17, 15) is 15.0 Å². The lowest BCUT2D eigenvalue weighted by molar-refractivity contribution is 0.0342. The predicted molar refractivity (Wildman–Crippen MR) is 147 cm³/mol. The smallest absolute Gasteiger partial charge is 0.293 e. The Morgan fingerprint density at radius 1 is 1.08 bits per heavy atom. The van der Waals surface area contributed by atoms with Crippen molar-refractivity contribution in [3.63, 3.8) is 0 Å². The van der Waals surface area contributed by atoms with Crippen LogP contribution in [0.15, 0.2) is 72.3 Å². The largest absolute Gasteiger partial charge is 0.502 e. The number of benzene rings is 2. The molecule has 2 atom stereocenters. The molecule has 4 N–H and O–H groups in total. The lowest BCUT2D eigenvalue weighted by Crippen LogP contribution is -2.35. The molecule has 0 amide bonds. The topological polar surface area (TPSA) is 111 Å². The van der Waals surface area contributed by atoms with E-state index in [-0.39, 0.29) is 18.6 Å². The molecule has 1 fully saturated rings. The summed E-state index contributed by atoms with van der Waals surface area (Å²) in [5, 5.41) is 23.0. The van der Waals surface area contributed by atoms with Crippen LogP contribution in [0.2, 0.25) is 0 Å². The van der Waals surface area contributed by atoms with Gasteiger partial charge in [0.15, 0.2) is 0 Å². The zero-order chi connectivity index (χ0) is 26.7. The third-order valence-electron chi connectivity index (χ3n) is 6.60. The third-order valence-corrected chi connectivity index (χ3v) is 6.60. The van der Waals surface area contributed by atoms with Crippen LogP contribution in [0.4, 0.5) is 0 Å². The molecular formula is C30H34N4O4. The highest BCUT2D eigenvalue weighted by atomic mass is 16.5. The molecule has 3 aromatic rings. The molecule has 0 saturated carbocycles. The Morgan fingerprint density at radius 3 is 2.32 bits per heavy atom. The minimum atomic E-state index is -0.581. The zero-order valence-electron chi connectivity index (χ0n) is 21.4. The Balaban J connectivity index is 1.41. The molecule has 1 aromatic heterocycles.